The van der Waals surface area contributed by atoms with Gasteiger partial charge in [0.05, 0.1) is 16.1 Å². The number of hydrogen-bond donors (Lipinski definition) is 0. The molecule has 0 aromatic heterocycles. The average molecular weight is 392 g/mol. The predicted molar refractivity (Wildman–Crippen MR) is 86.2 cm³/mol. The van der Waals surface area contributed by atoms with E-state index in [4.69, 9.17) is 14.7 Å². The quantitative estimate of drug-likeness (QED) is 0.565. The summed E-state index contributed by atoms with van der Waals surface area (Å²) in [5.74, 6) is -1.23. The summed E-state index contributed by atoms with van der Waals surface area (Å²) in [6.45, 7) is 0.991. The number of aldehydes is 1. The van der Waals surface area contributed by atoms with Gasteiger partial charge >= 0.3 is 5.97 Å². The van der Waals surface area contributed by atoms with Crippen molar-refractivity contribution < 1.29 is 23.5 Å². The molecule has 0 aliphatic carbocycles. The van der Waals surface area contributed by atoms with Crippen LogP contribution < -0.4 is 4.74 Å². The van der Waals surface area contributed by atoms with Crippen molar-refractivity contribution >= 4 is 28.2 Å². The second-order valence-corrected chi connectivity index (χ2v) is 5.61. The molecule has 0 bridgehead atoms. The number of carbonyl (C=O) groups is 2. The van der Waals surface area contributed by atoms with Crippen molar-refractivity contribution in [1.29, 1.82) is 5.26 Å². The number of carbonyl (C=O) groups excluding carboxylic acids is 2. The van der Waals surface area contributed by atoms with Gasteiger partial charge in [0.15, 0.2) is 11.6 Å². The molecule has 0 amide bonds. The zero-order valence-electron chi connectivity index (χ0n) is 12.5. The molecule has 0 aliphatic heterocycles. The lowest BCUT2D eigenvalue weighted by atomic mass is 10.1. The van der Waals surface area contributed by atoms with Crippen LogP contribution in [0.1, 0.15) is 28.4 Å². The second-order valence-electron chi connectivity index (χ2n) is 4.75. The van der Waals surface area contributed by atoms with Gasteiger partial charge in [-0.1, -0.05) is 6.07 Å². The molecule has 0 unspecified atom stereocenters. The number of nitrogens with zero attached hydrogens (tertiary/aromatic N) is 1. The van der Waals surface area contributed by atoms with Crippen LogP contribution in [0.25, 0.3) is 0 Å². The Labute approximate surface area is 145 Å². The molecular weight excluding hydrogens is 381 g/mol. The van der Waals surface area contributed by atoms with Crippen LogP contribution in [0.5, 0.6) is 11.5 Å². The van der Waals surface area contributed by atoms with Gasteiger partial charge in [-0.25, -0.2) is 4.39 Å². The Morgan fingerprint density at radius 2 is 2.12 bits per heavy atom. The summed E-state index contributed by atoms with van der Waals surface area (Å²) in [5, 5.41) is 8.97. The van der Waals surface area contributed by atoms with Crippen LogP contribution in [0.3, 0.4) is 0 Å². The zero-order chi connectivity index (χ0) is 17.7. The van der Waals surface area contributed by atoms with E-state index in [1.165, 1.54) is 31.2 Å². The summed E-state index contributed by atoms with van der Waals surface area (Å²) in [5.41, 5.74) is 0.578. The highest BCUT2D eigenvalue weighted by molar-refractivity contribution is 9.10. The van der Waals surface area contributed by atoms with Gasteiger partial charge in [0.25, 0.3) is 0 Å². The largest absolute Gasteiger partial charge is 0.461 e. The smallest absolute Gasteiger partial charge is 0.302 e. The maximum absolute atomic E-state index is 14.6. The fourth-order valence-electron chi connectivity index (χ4n) is 1.89. The normalized spacial score (nSPS) is 9.92. The zero-order valence-corrected chi connectivity index (χ0v) is 14.1. The Morgan fingerprint density at radius 3 is 2.75 bits per heavy atom. The highest BCUT2D eigenvalue weighted by Crippen LogP contribution is 2.35. The van der Waals surface area contributed by atoms with Gasteiger partial charge in [0.2, 0.25) is 0 Å². The predicted octanol–water partition coefficient (Wildman–Crippen LogP) is 4.13. The highest BCUT2D eigenvalue weighted by atomic mass is 79.9. The lowest BCUT2D eigenvalue weighted by Gasteiger charge is -2.12. The molecule has 0 fully saturated rings. The molecule has 0 heterocycles. The van der Waals surface area contributed by atoms with E-state index in [9.17, 15) is 14.0 Å². The molecule has 24 heavy (non-hydrogen) atoms. The van der Waals surface area contributed by atoms with Crippen molar-refractivity contribution in [2.75, 3.05) is 0 Å². The molecule has 122 valence electrons. The van der Waals surface area contributed by atoms with Gasteiger partial charge in [-0.3, -0.25) is 9.59 Å². The molecule has 0 spiro atoms. The summed E-state index contributed by atoms with van der Waals surface area (Å²) in [7, 11) is 0. The van der Waals surface area contributed by atoms with Gasteiger partial charge in [-0.2, -0.15) is 5.26 Å². The summed E-state index contributed by atoms with van der Waals surface area (Å²) < 4.78 is 25.2. The van der Waals surface area contributed by atoms with E-state index >= 15 is 0 Å². The third kappa shape index (κ3) is 4.18. The first-order valence-electron chi connectivity index (χ1n) is 6.73. The van der Waals surface area contributed by atoms with Crippen LogP contribution in [-0.4, -0.2) is 12.3 Å². The molecule has 0 atom stereocenters. The monoisotopic (exact) mass is 391 g/mol. The fourth-order valence-corrected chi connectivity index (χ4v) is 2.28. The van der Waals surface area contributed by atoms with E-state index in [-0.39, 0.29) is 34.8 Å². The third-order valence-corrected chi connectivity index (χ3v) is 3.60. The number of esters is 1. The Morgan fingerprint density at radius 1 is 1.38 bits per heavy atom. The molecular formula is C17H11BrFNO4. The lowest BCUT2D eigenvalue weighted by molar-refractivity contribution is -0.142. The lowest BCUT2D eigenvalue weighted by Crippen LogP contribution is -2.02. The summed E-state index contributed by atoms with van der Waals surface area (Å²) in [6, 6.07) is 9.07. The molecule has 2 aromatic carbocycles. The first-order chi connectivity index (χ1) is 11.4. The van der Waals surface area contributed by atoms with E-state index in [2.05, 4.69) is 15.9 Å². The molecule has 0 saturated heterocycles. The van der Waals surface area contributed by atoms with Crippen molar-refractivity contribution in [2.24, 2.45) is 0 Å². The molecule has 2 rings (SSSR count). The van der Waals surface area contributed by atoms with E-state index in [0.717, 1.165) is 0 Å². The number of nitriles is 1. The van der Waals surface area contributed by atoms with Crippen LogP contribution in [0.2, 0.25) is 0 Å². The summed E-state index contributed by atoms with van der Waals surface area (Å²) in [6.07, 6.45) is 0.566. The van der Waals surface area contributed by atoms with Crippen LogP contribution in [0, 0.1) is 17.1 Å². The average Bonchev–Trinajstić information content (AvgIpc) is 2.57. The van der Waals surface area contributed by atoms with Crippen molar-refractivity contribution in [3.05, 3.63) is 57.3 Å². The molecule has 0 N–H and O–H groups in total. The minimum absolute atomic E-state index is 0.133. The van der Waals surface area contributed by atoms with Gasteiger partial charge in [0, 0.05) is 18.1 Å². The molecule has 7 heteroatoms. The Balaban J connectivity index is 2.39. The Kier molecular flexibility index (Phi) is 5.66. The van der Waals surface area contributed by atoms with Gasteiger partial charge in [-0.05, 0) is 40.2 Å². The van der Waals surface area contributed by atoms with E-state index in [1.54, 1.807) is 6.07 Å². The topological polar surface area (TPSA) is 76.4 Å². The van der Waals surface area contributed by atoms with E-state index < -0.39 is 11.8 Å². The SMILES string of the molecule is CC(=O)OCc1ccc(Br)c(Oc2cc(C#N)cc(C=O)c2)c1F. The van der Waals surface area contributed by atoms with E-state index in [1.807, 2.05) is 6.07 Å². The fraction of sp³-hybridized carbons (Fsp3) is 0.118. The first kappa shape index (κ1) is 17.6. The number of rotatable bonds is 5. The highest BCUT2D eigenvalue weighted by Gasteiger charge is 2.16. The minimum Gasteiger partial charge on any atom is -0.461 e. The van der Waals surface area contributed by atoms with Crippen LogP contribution in [0.4, 0.5) is 4.39 Å². The summed E-state index contributed by atoms with van der Waals surface area (Å²) in [4.78, 5) is 21.8. The second kappa shape index (κ2) is 7.70. The maximum Gasteiger partial charge on any atom is 0.302 e. The summed E-state index contributed by atoms with van der Waals surface area (Å²) >= 11 is 3.18. The van der Waals surface area contributed by atoms with Gasteiger partial charge < -0.3 is 9.47 Å². The van der Waals surface area contributed by atoms with Crippen molar-refractivity contribution in [3.63, 3.8) is 0 Å². The number of benzene rings is 2. The molecule has 0 aliphatic rings. The van der Waals surface area contributed by atoms with E-state index in [0.29, 0.717) is 10.8 Å². The maximum atomic E-state index is 14.6. The Bertz CT molecular complexity index is 845. The molecule has 5 nitrogen and oxygen atoms in total. The number of halogens is 2. The molecule has 0 saturated carbocycles. The minimum atomic E-state index is -0.708. The number of hydrogen-bond acceptors (Lipinski definition) is 5. The van der Waals surface area contributed by atoms with Crippen LogP contribution >= 0.6 is 15.9 Å². The van der Waals surface area contributed by atoms with Crippen molar-refractivity contribution in [3.8, 4) is 17.6 Å². The molecule has 2 aromatic rings. The third-order valence-electron chi connectivity index (χ3n) is 2.97. The van der Waals surface area contributed by atoms with Crippen LogP contribution in [0.15, 0.2) is 34.8 Å². The molecule has 0 radical (unpaired) electrons. The van der Waals surface area contributed by atoms with Crippen LogP contribution in [-0.2, 0) is 16.1 Å². The first-order valence-corrected chi connectivity index (χ1v) is 7.52. The Hall–Kier alpha value is -2.72. The van der Waals surface area contributed by atoms with Gasteiger partial charge in [-0.15, -0.1) is 0 Å². The standard InChI is InChI=1S/C17H11BrFNO4/c1-10(22)23-9-13-2-3-15(18)17(16(13)19)24-14-5-11(7-20)4-12(6-14)8-21/h2-6,8H,9H2,1H3. The van der Waals surface area contributed by atoms with Crippen molar-refractivity contribution in [1.82, 2.24) is 0 Å². The number of ether oxygens (including phenoxy) is 2. The van der Waals surface area contributed by atoms with Gasteiger partial charge in [0.1, 0.15) is 18.6 Å². The van der Waals surface area contributed by atoms with Crippen molar-refractivity contribution in [2.45, 2.75) is 13.5 Å².